The fourth-order valence-electron chi connectivity index (χ4n) is 6.41. The monoisotopic (exact) mass is 628 g/mol. The molecule has 0 aromatic rings. The minimum Gasteiger partial charge on any atom is -0.462 e. The van der Waals surface area contributed by atoms with E-state index in [9.17, 15) is 24.6 Å². The van der Waals surface area contributed by atoms with Gasteiger partial charge in [-0.2, -0.15) is 0 Å². The number of ether oxygens (including phenoxy) is 2. The summed E-state index contributed by atoms with van der Waals surface area (Å²) in [5.41, 5.74) is 3.22. The molecular weight excluding hydrogens is 580 g/mol. The lowest BCUT2D eigenvalue weighted by Gasteiger charge is -2.44. The number of esters is 2. The van der Waals surface area contributed by atoms with Crippen molar-refractivity contribution in [1.82, 2.24) is 0 Å². The molecule has 1 fully saturated rings. The number of rotatable bonds is 8. The summed E-state index contributed by atoms with van der Waals surface area (Å²) in [7, 11) is 0. The first-order valence-corrected chi connectivity index (χ1v) is 15.6. The molecule has 246 valence electrons. The van der Waals surface area contributed by atoms with E-state index in [0.717, 1.165) is 16.7 Å². The molecule has 0 amide bonds. The van der Waals surface area contributed by atoms with Gasteiger partial charge in [-0.1, -0.05) is 64.2 Å². The fraction of sp³-hybridized carbons (Fsp3) is 0.436. The van der Waals surface area contributed by atoms with Crippen LogP contribution in [0.25, 0.3) is 0 Å². The van der Waals surface area contributed by atoms with Crippen LogP contribution in [0.2, 0.25) is 0 Å². The number of hydrogen-bond acceptors (Lipinski definition) is 7. The van der Waals surface area contributed by atoms with Crippen molar-refractivity contribution in [3.8, 4) is 0 Å². The van der Waals surface area contributed by atoms with Crippen molar-refractivity contribution >= 4 is 17.7 Å². The van der Waals surface area contributed by atoms with Crippen molar-refractivity contribution in [2.45, 2.75) is 98.9 Å². The van der Waals surface area contributed by atoms with Gasteiger partial charge in [0.1, 0.15) is 17.5 Å². The Hall–Kier alpha value is -4.03. The highest BCUT2D eigenvalue weighted by Crippen LogP contribution is 2.46. The molecule has 1 saturated carbocycles. The quantitative estimate of drug-likeness (QED) is 0.167. The molecule has 2 N–H and O–H groups in total. The van der Waals surface area contributed by atoms with E-state index in [2.05, 4.69) is 5.73 Å². The summed E-state index contributed by atoms with van der Waals surface area (Å²) >= 11 is 0. The summed E-state index contributed by atoms with van der Waals surface area (Å²) < 4.78 is 10.8. The molecule has 7 nitrogen and oxygen atoms in total. The predicted molar refractivity (Wildman–Crippen MR) is 180 cm³/mol. The van der Waals surface area contributed by atoms with E-state index < -0.39 is 22.6 Å². The number of ketones is 1. The second-order valence-electron chi connectivity index (χ2n) is 14.0. The van der Waals surface area contributed by atoms with Gasteiger partial charge in [-0.05, 0) is 92.7 Å². The average molecular weight is 629 g/mol. The minimum atomic E-state index is -1.35. The van der Waals surface area contributed by atoms with Crippen molar-refractivity contribution in [1.29, 1.82) is 0 Å². The molecule has 3 aliphatic rings. The van der Waals surface area contributed by atoms with Crippen LogP contribution >= 0.6 is 0 Å². The summed E-state index contributed by atoms with van der Waals surface area (Å²) in [6.07, 6.45) is 22.1. The Bertz CT molecular complexity index is 1550. The lowest BCUT2D eigenvalue weighted by molar-refractivity contribution is -0.152. The van der Waals surface area contributed by atoms with Gasteiger partial charge < -0.3 is 19.7 Å². The zero-order valence-electron chi connectivity index (χ0n) is 28.6. The van der Waals surface area contributed by atoms with Gasteiger partial charge in [0, 0.05) is 30.8 Å². The Labute approximate surface area is 273 Å². The molecule has 0 bridgehead atoms. The van der Waals surface area contributed by atoms with E-state index in [1.165, 1.54) is 13.0 Å². The molecular formula is C39H48O7. The largest absolute Gasteiger partial charge is 0.462 e. The number of carbonyl (C=O) groups is 3. The highest BCUT2D eigenvalue weighted by Gasteiger charge is 2.47. The normalized spacial score (nSPS) is 29.3. The molecule has 0 aromatic heterocycles. The second-order valence-corrected chi connectivity index (χ2v) is 14.0. The van der Waals surface area contributed by atoms with Gasteiger partial charge in [0.05, 0.1) is 11.2 Å². The molecule has 1 heterocycles. The molecule has 3 rings (SSSR count). The molecule has 46 heavy (non-hydrogen) atoms. The smallest absolute Gasteiger partial charge is 0.343 e. The molecule has 2 aliphatic carbocycles. The Kier molecular flexibility index (Phi) is 11.2. The number of allylic oxidation sites excluding steroid dienone is 11. The molecule has 3 unspecified atom stereocenters. The van der Waals surface area contributed by atoms with Crippen LogP contribution in [-0.4, -0.2) is 45.2 Å². The molecule has 1 aliphatic heterocycles. The van der Waals surface area contributed by atoms with Gasteiger partial charge in [-0.25, -0.2) is 4.79 Å². The standard InChI is InChI=1S/C39H48O7/c1-26(16-17-34-36(5,6)24-33(45-29(4)40)25-38(34,9)43)14-12-10-11-13-15-27(2)20-32-22-30(35(42)46-32)18-19-39(44)28(3)21-31(41)23-37(39,7)8/h10-16,18-22,33,43-44H,23-25H2,1-9H3. The van der Waals surface area contributed by atoms with Gasteiger partial charge >= 0.3 is 11.9 Å². The van der Waals surface area contributed by atoms with Crippen molar-refractivity contribution in [3.63, 3.8) is 0 Å². The van der Waals surface area contributed by atoms with Crippen molar-refractivity contribution in [2.24, 2.45) is 10.8 Å². The molecule has 7 heteroatoms. The maximum absolute atomic E-state index is 12.5. The second kappa shape index (κ2) is 14.2. The zero-order chi connectivity index (χ0) is 34.5. The van der Waals surface area contributed by atoms with E-state index in [0.29, 0.717) is 29.7 Å². The third-order valence-electron chi connectivity index (χ3n) is 8.65. The van der Waals surface area contributed by atoms with Gasteiger partial charge in [0.15, 0.2) is 5.78 Å². The highest BCUT2D eigenvalue weighted by atomic mass is 16.5. The van der Waals surface area contributed by atoms with Crippen molar-refractivity contribution in [2.75, 3.05) is 0 Å². The first-order valence-electron chi connectivity index (χ1n) is 15.6. The van der Waals surface area contributed by atoms with Gasteiger partial charge in [-0.15, -0.1) is 5.73 Å². The summed E-state index contributed by atoms with van der Waals surface area (Å²) in [5, 5.41) is 22.4. The average Bonchev–Trinajstić information content (AvgIpc) is 3.24. The van der Waals surface area contributed by atoms with E-state index in [1.54, 1.807) is 38.2 Å². The summed E-state index contributed by atoms with van der Waals surface area (Å²) in [4.78, 5) is 35.9. The number of cyclic esters (lactones) is 1. The van der Waals surface area contributed by atoms with Crippen LogP contribution in [0.5, 0.6) is 0 Å². The van der Waals surface area contributed by atoms with Gasteiger partial charge in [0.2, 0.25) is 0 Å². The SMILES string of the molecule is CC(=O)OC1CC(C)(C)C(=C=CC(C)=CC=CC=CC=C(C)C=C2C=C(C=CC3(O)C(C)=CC(=O)CC3(C)C)C(=O)O2)C(C)(O)C1. The first kappa shape index (κ1) is 36.4. The Morgan fingerprint density at radius 2 is 1.59 bits per heavy atom. The maximum atomic E-state index is 12.5. The molecule has 3 atom stereocenters. The van der Waals surface area contributed by atoms with E-state index >= 15 is 0 Å². The van der Waals surface area contributed by atoms with Crippen LogP contribution in [-0.2, 0) is 23.9 Å². The maximum Gasteiger partial charge on any atom is 0.343 e. The van der Waals surface area contributed by atoms with Gasteiger partial charge in [0.25, 0.3) is 0 Å². The fourth-order valence-corrected chi connectivity index (χ4v) is 6.41. The van der Waals surface area contributed by atoms with Crippen LogP contribution in [0.1, 0.15) is 81.6 Å². The zero-order valence-corrected chi connectivity index (χ0v) is 28.6. The number of aliphatic hydroxyl groups is 2. The van der Waals surface area contributed by atoms with Crippen LogP contribution in [0.15, 0.2) is 112 Å². The van der Waals surface area contributed by atoms with E-state index in [-0.39, 0.29) is 29.7 Å². The third kappa shape index (κ3) is 9.03. The summed E-state index contributed by atoms with van der Waals surface area (Å²) in [6.45, 7) is 16.4. The lowest BCUT2D eigenvalue weighted by Crippen LogP contribution is -2.48. The molecule has 0 radical (unpaired) electrons. The van der Waals surface area contributed by atoms with Crippen molar-refractivity contribution in [3.05, 3.63) is 112 Å². The Morgan fingerprint density at radius 3 is 2.17 bits per heavy atom. The van der Waals surface area contributed by atoms with Crippen LogP contribution in [0.3, 0.4) is 0 Å². The first-order chi connectivity index (χ1) is 21.3. The lowest BCUT2D eigenvalue weighted by atomic mass is 9.64. The molecule has 0 spiro atoms. The topological polar surface area (TPSA) is 110 Å². The highest BCUT2D eigenvalue weighted by molar-refractivity contribution is 5.96. The van der Waals surface area contributed by atoms with E-state index in [4.69, 9.17) is 9.47 Å². The minimum absolute atomic E-state index is 0.0255. The molecule has 0 saturated heterocycles. The Morgan fingerprint density at radius 1 is 0.957 bits per heavy atom. The van der Waals surface area contributed by atoms with Crippen molar-refractivity contribution < 1.29 is 34.1 Å². The molecule has 0 aromatic carbocycles. The summed E-state index contributed by atoms with van der Waals surface area (Å²) in [6, 6.07) is 0. The number of hydrogen-bond donors (Lipinski definition) is 2. The van der Waals surface area contributed by atoms with Gasteiger partial charge in [-0.3, -0.25) is 9.59 Å². The Balaban J connectivity index is 1.64. The van der Waals surface area contributed by atoms with Crippen LogP contribution in [0.4, 0.5) is 0 Å². The predicted octanol–water partition coefficient (Wildman–Crippen LogP) is 7.18. The van der Waals surface area contributed by atoms with E-state index in [1.807, 2.05) is 84.1 Å². The van der Waals surface area contributed by atoms with Crippen LogP contribution in [0, 0.1) is 10.8 Å². The van der Waals surface area contributed by atoms with Crippen LogP contribution < -0.4 is 0 Å². The summed E-state index contributed by atoms with van der Waals surface area (Å²) in [5.74, 6) is -0.465. The third-order valence-corrected chi connectivity index (χ3v) is 8.65. The number of carbonyl (C=O) groups excluding carboxylic acids is 3.